The van der Waals surface area contributed by atoms with E-state index in [9.17, 15) is 9.50 Å². The maximum absolute atomic E-state index is 15.0. The molecule has 0 spiro atoms. The van der Waals surface area contributed by atoms with Crippen LogP contribution in [0.25, 0.3) is 11.3 Å². The van der Waals surface area contributed by atoms with Crippen molar-refractivity contribution in [3.8, 4) is 17.0 Å². The number of aliphatic hydroxyl groups excluding tert-OH is 1. The summed E-state index contributed by atoms with van der Waals surface area (Å²) in [4.78, 5) is 0. The van der Waals surface area contributed by atoms with Crippen LogP contribution in [0, 0.1) is 30.3 Å². The molecule has 1 N–H and O–H groups in total. The lowest BCUT2D eigenvalue weighted by molar-refractivity contribution is 0.220. The van der Waals surface area contributed by atoms with Crippen LogP contribution < -0.4 is 4.74 Å². The van der Waals surface area contributed by atoms with Gasteiger partial charge in [0, 0.05) is 35.3 Å². The molecule has 1 atom stereocenters. The molecule has 166 valence electrons. The van der Waals surface area contributed by atoms with E-state index in [1.54, 1.807) is 6.92 Å². The molecule has 0 fully saturated rings. The maximum Gasteiger partial charge on any atom is 0.139 e. The van der Waals surface area contributed by atoms with Crippen molar-refractivity contribution in [3.63, 3.8) is 0 Å². The molecule has 3 rings (SSSR count). The lowest BCUT2D eigenvalue weighted by atomic mass is 9.95. The molecule has 3 aromatic rings. The van der Waals surface area contributed by atoms with Crippen LogP contribution in [-0.4, -0.2) is 21.5 Å². The molecule has 0 radical (unpaired) electrons. The van der Waals surface area contributed by atoms with E-state index in [2.05, 4.69) is 5.10 Å². The highest BCUT2D eigenvalue weighted by Crippen LogP contribution is 2.39. The van der Waals surface area contributed by atoms with Gasteiger partial charge in [0.1, 0.15) is 29.3 Å². The average Bonchev–Trinajstić information content (AvgIpc) is 2.94. The van der Waals surface area contributed by atoms with Crippen molar-refractivity contribution in [2.24, 2.45) is 13.0 Å². The summed E-state index contributed by atoms with van der Waals surface area (Å²) in [5, 5.41) is 15.2. The van der Waals surface area contributed by atoms with Gasteiger partial charge in [0.25, 0.3) is 0 Å². The third kappa shape index (κ3) is 4.88. The maximum atomic E-state index is 15.0. The standard InChI is InChI=1S/C23H24ClF3N2O2/c1-12(2)7-8-31-15-10-18(26)21(19(27)11-15)22-20(13(3)28-29(22)4)23(30)16-6-5-14(25)9-17(16)24/h5-6,9-12,23,30H,7-8H2,1-4H3. The van der Waals surface area contributed by atoms with Crippen molar-refractivity contribution in [1.29, 1.82) is 0 Å². The van der Waals surface area contributed by atoms with Crippen molar-refractivity contribution < 1.29 is 23.0 Å². The molecule has 8 heteroatoms. The molecule has 0 bridgehead atoms. The van der Waals surface area contributed by atoms with Gasteiger partial charge < -0.3 is 9.84 Å². The van der Waals surface area contributed by atoms with Gasteiger partial charge in [-0.2, -0.15) is 5.10 Å². The monoisotopic (exact) mass is 452 g/mol. The SMILES string of the molecule is Cc1nn(C)c(-c2c(F)cc(OCCC(C)C)cc2F)c1C(O)c1ccc(F)cc1Cl. The summed E-state index contributed by atoms with van der Waals surface area (Å²) >= 11 is 6.09. The Hall–Kier alpha value is -2.51. The first-order valence-electron chi connectivity index (χ1n) is 9.88. The van der Waals surface area contributed by atoms with Crippen LogP contribution in [0.1, 0.15) is 43.2 Å². The second kappa shape index (κ2) is 9.32. The lowest BCUT2D eigenvalue weighted by Gasteiger charge is -2.17. The highest BCUT2D eigenvalue weighted by Gasteiger charge is 2.28. The number of nitrogens with zero attached hydrogens (tertiary/aromatic N) is 2. The minimum atomic E-state index is -1.36. The molecule has 1 aromatic heterocycles. The van der Waals surface area contributed by atoms with Gasteiger partial charge in [-0.3, -0.25) is 4.68 Å². The van der Waals surface area contributed by atoms with Crippen LogP contribution in [0.15, 0.2) is 30.3 Å². The van der Waals surface area contributed by atoms with Gasteiger partial charge in [-0.25, -0.2) is 13.2 Å². The van der Waals surface area contributed by atoms with E-state index in [1.807, 2.05) is 13.8 Å². The van der Waals surface area contributed by atoms with Gasteiger partial charge in [0.2, 0.25) is 0 Å². The third-order valence-electron chi connectivity index (χ3n) is 5.02. The van der Waals surface area contributed by atoms with Gasteiger partial charge in [-0.15, -0.1) is 0 Å². The zero-order chi connectivity index (χ0) is 22.9. The molecule has 0 saturated heterocycles. The minimum absolute atomic E-state index is 0.00320. The second-order valence-electron chi connectivity index (χ2n) is 7.83. The number of halogens is 4. The molecule has 31 heavy (non-hydrogen) atoms. The first kappa shape index (κ1) is 23.2. The highest BCUT2D eigenvalue weighted by atomic mass is 35.5. The van der Waals surface area contributed by atoms with Crippen LogP contribution >= 0.6 is 11.6 Å². The van der Waals surface area contributed by atoms with Gasteiger partial charge in [-0.05, 0) is 31.4 Å². The summed E-state index contributed by atoms with van der Waals surface area (Å²) in [6.45, 7) is 6.00. The van der Waals surface area contributed by atoms with E-state index in [0.29, 0.717) is 18.2 Å². The van der Waals surface area contributed by atoms with Gasteiger partial charge >= 0.3 is 0 Å². The van der Waals surface area contributed by atoms with Crippen molar-refractivity contribution in [3.05, 3.63) is 69.6 Å². The Labute approximate surface area is 184 Å². The summed E-state index contributed by atoms with van der Waals surface area (Å²) in [5.41, 5.74) is 0.472. The predicted molar refractivity (Wildman–Crippen MR) is 114 cm³/mol. The number of aliphatic hydroxyl groups is 1. The summed E-state index contributed by atoms with van der Waals surface area (Å²) in [7, 11) is 1.52. The van der Waals surface area contributed by atoms with Gasteiger partial charge in [0.05, 0.1) is 23.6 Å². The molecule has 0 saturated carbocycles. The second-order valence-corrected chi connectivity index (χ2v) is 8.24. The highest BCUT2D eigenvalue weighted by molar-refractivity contribution is 6.31. The quantitative estimate of drug-likeness (QED) is 0.480. The smallest absolute Gasteiger partial charge is 0.139 e. The van der Waals surface area contributed by atoms with E-state index in [0.717, 1.165) is 30.7 Å². The topological polar surface area (TPSA) is 47.3 Å². The van der Waals surface area contributed by atoms with Crippen molar-refractivity contribution in [1.82, 2.24) is 9.78 Å². The zero-order valence-electron chi connectivity index (χ0n) is 17.7. The fourth-order valence-electron chi connectivity index (χ4n) is 3.45. The Morgan fingerprint density at radius 2 is 1.77 bits per heavy atom. The minimum Gasteiger partial charge on any atom is -0.493 e. The van der Waals surface area contributed by atoms with Crippen molar-refractivity contribution in [2.45, 2.75) is 33.3 Å². The van der Waals surface area contributed by atoms with Crippen LogP contribution in [0.2, 0.25) is 5.02 Å². The number of aryl methyl sites for hydroxylation is 2. The number of hydrogen-bond donors (Lipinski definition) is 1. The number of ether oxygens (including phenoxy) is 1. The largest absolute Gasteiger partial charge is 0.493 e. The summed E-state index contributed by atoms with van der Waals surface area (Å²) < 4.78 is 50.3. The molecule has 1 unspecified atom stereocenters. The molecule has 0 amide bonds. The van der Waals surface area contributed by atoms with Crippen LogP contribution in [0.3, 0.4) is 0 Å². The average molecular weight is 453 g/mol. The van der Waals surface area contributed by atoms with Crippen molar-refractivity contribution >= 4 is 11.6 Å². The Kier molecular flexibility index (Phi) is 6.96. The fourth-order valence-corrected chi connectivity index (χ4v) is 3.72. The Bertz CT molecular complexity index is 1080. The van der Waals surface area contributed by atoms with Crippen LogP contribution in [0.4, 0.5) is 13.2 Å². The van der Waals surface area contributed by atoms with E-state index >= 15 is 8.78 Å². The lowest BCUT2D eigenvalue weighted by Crippen LogP contribution is -2.07. The zero-order valence-corrected chi connectivity index (χ0v) is 18.5. The first-order chi connectivity index (χ1) is 14.6. The molecular weight excluding hydrogens is 429 g/mol. The number of aromatic nitrogens is 2. The van der Waals surface area contributed by atoms with E-state index < -0.39 is 23.6 Å². The van der Waals surface area contributed by atoms with Gasteiger partial charge in [0.15, 0.2) is 0 Å². The normalized spacial score (nSPS) is 12.5. The number of hydrogen-bond acceptors (Lipinski definition) is 3. The molecule has 0 aliphatic carbocycles. The van der Waals surface area contributed by atoms with E-state index in [-0.39, 0.29) is 33.2 Å². The van der Waals surface area contributed by atoms with Crippen LogP contribution in [0.5, 0.6) is 5.75 Å². The summed E-state index contributed by atoms with van der Waals surface area (Å²) in [6.07, 6.45) is -0.613. The summed E-state index contributed by atoms with van der Waals surface area (Å²) in [6, 6.07) is 5.78. The van der Waals surface area contributed by atoms with Crippen LogP contribution in [-0.2, 0) is 7.05 Å². The molecule has 0 aliphatic heterocycles. The molecule has 2 aromatic carbocycles. The molecule has 1 heterocycles. The van der Waals surface area contributed by atoms with Gasteiger partial charge in [-0.1, -0.05) is 31.5 Å². The molecule has 0 aliphatic rings. The van der Waals surface area contributed by atoms with Crippen molar-refractivity contribution in [2.75, 3.05) is 6.61 Å². The molecule has 4 nitrogen and oxygen atoms in total. The van der Waals surface area contributed by atoms with E-state index in [1.165, 1.54) is 17.8 Å². The number of benzene rings is 2. The Balaban J connectivity index is 2.06. The predicted octanol–water partition coefficient (Wildman–Crippen LogP) is 5.97. The third-order valence-corrected chi connectivity index (χ3v) is 5.34. The Morgan fingerprint density at radius 1 is 1.13 bits per heavy atom. The van der Waals surface area contributed by atoms with E-state index in [4.69, 9.17) is 16.3 Å². The first-order valence-corrected chi connectivity index (χ1v) is 10.3. The molecular formula is C23H24ClF3N2O2. The fraction of sp³-hybridized carbons (Fsp3) is 0.348. The summed E-state index contributed by atoms with van der Waals surface area (Å²) in [5.74, 6) is -1.77. The number of rotatable bonds is 7. The Morgan fingerprint density at radius 3 is 2.35 bits per heavy atom.